The molecule has 0 amide bonds. The standard InChI is InChI=1S/C9H8F2N4/c10-7-2-1-3-8(11)6(7)4-15-5-9(12)13-14-15/h1-3,5H,4,12H2. The summed E-state index contributed by atoms with van der Waals surface area (Å²) in [6, 6.07) is 3.70. The lowest BCUT2D eigenvalue weighted by atomic mass is 10.2. The average molecular weight is 210 g/mol. The average Bonchev–Trinajstić information content (AvgIpc) is 2.58. The molecule has 1 aromatic heterocycles. The van der Waals surface area contributed by atoms with Crippen molar-refractivity contribution < 1.29 is 8.78 Å². The minimum Gasteiger partial charge on any atom is -0.381 e. The van der Waals surface area contributed by atoms with Gasteiger partial charge in [-0.05, 0) is 12.1 Å². The van der Waals surface area contributed by atoms with Crippen molar-refractivity contribution in [3.63, 3.8) is 0 Å². The second-order valence-electron chi connectivity index (χ2n) is 3.04. The fourth-order valence-electron chi connectivity index (χ4n) is 1.24. The summed E-state index contributed by atoms with van der Waals surface area (Å²) in [7, 11) is 0. The number of anilines is 1. The molecule has 0 radical (unpaired) electrons. The molecule has 0 spiro atoms. The highest BCUT2D eigenvalue weighted by Gasteiger charge is 2.09. The number of rotatable bonds is 2. The molecule has 78 valence electrons. The van der Waals surface area contributed by atoms with Crippen LogP contribution in [0, 0.1) is 11.6 Å². The SMILES string of the molecule is Nc1cn(Cc2c(F)cccc2F)nn1. The molecule has 4 nitrogen and oxygen atoms in total. The van der Waals surface area contributed by atoms with E-state index in [2.05, 4.69) is 10.3 Å². The molecule has 15 heavy (non-hydrogen) atoms. The van der Waals surface area contributed by atoms with Gasteiger partial charge < -0.3 is 5.73 Å². The zero-order valence-corrected chi connectivity index (χ0v) is 7.69. The van der Waals surface area contributed by atoms with Crippen LogP contribution in [-0.2, 0) is 6.54 Å². The lowest BCUT2D eigenvalue weighted by Crippen LogP contribution is -2.05. The molecule has 1 aromatic carbocycles. The normalized spacial score (nSPS) is 10.5. The highest BCUT2D eigenvalue weighted by molar-refractivity contribution is 5.23. The van der Waals surface area contributed by atoms with Crippen molar-refractivity contribution in [2.75, 3.05) is 5.73 Å². The van der Waals surface area contributed by atoms with E-state index in [9.17, 15) is 8.78 Å². The molecule has 0 aliphatic rings. The van der Waals surface area contributed by atoms with E-state index in [1.165, 1.54) is 29.1 Å². The Hall–Kier alpha value is -1.98. The summed E-state index contributed by atoms with van der Waals surface area (Å²) in [5, 5.41) is 7.12. The van der Waals surface area contributed by atoms with E-state index in [4.69, 9.17) is 5.73 Å². The number of hydrogen-bond donors (Lipinski definition) is 1. The minimum atomic E-state index is -0.607. The Kier molecular flexibility index (Phi) is 2.32. The topological polar surface area (TPSA) is 56.7 Å². The van der Waals surface area contributed by atoms with Crippen LogP contribution in [0.3, 0.4) is 0 Å². The van der Waals surface area contributed by atoms with E-state index in [-0.39, 0.29) is 17.9 Å². The predicted molar refractivity (Wildman–Crippen MR) is 49.9 cm³/mol. The van der Waals surface area contributed by atoms with Crippen molar-refractivity contribution in [2.45, 2.75) is 6.54 Å². The van der Waals surface area contributed by atoms with Crippen molar-refractivity contribution in [3.05, 3.63) is 41.6 Å². The van der Waals surface area contributed by atoms with Crippen molar-refractivity contribution in [3.8, 4) is 0 Å². The van der Waals surface area contributed by atoms with Crippen LogP contribution in [-0.4, -0.2) is 15.0 Å². The molecule has 0 saturated heterocycles. The van der Waals surface area contributed by atoms with Gasteiger partial charge in [0.1, 0.15) is 11.6 Å². The molecule has 6 heteroatoms. The van der Waals surface area contributed by atoms with Crippen molar-refractivity contribution in [1.29, 1.82) is 0 Å². The van der Waals surface area contributed by atoms with E-state index in [1.807, 2.05) is 0 Å². The molecule has 0 fully saturated rings. The lowest BCUT2D eigenvalue weighted by molar-refractivity contribution is 0.528. The Bertz CT molecular complexity index is 460. The molecular formula is C9H8F2N4. The summed E-state index contributed by atoms with van der Waals surface area (Å²) in [6.45, 7) is -0.0251. The quantitative estimate of drug-likeness (QED) is 0.809. The number of nitrogen functional groups attached to an aromatic ring is 1. The number of benzene rings is 1. The van der Waals surface area contributed by atoms with Gasteiger partial charge in [-0.25, -0.2) is 13.5 Å². The largest absolute Gasteiger partial charge is 0.381 e. The Morgan fingerprint density at radius 2 is 1.93 bits per heavy atom. The first-order chi connectivity index (χ1) is 7.16. The van der Waals surface area contributed by atoms with Gasteiger partial charge in [0.05, 0.1) is 12.7 Å². The fraction of sp³-hybridized carbons (Fsp3) is 0.111. The third-order valence-corrected chi connectivity index (χ3v) is 1.94. The van der Waals surface area contributed by atoms with Crippen LogP contribution < -0.4 is 5.73 Å². The maximum absolute atomic E-state index is 13.2. The number of aromatic nitrogens is 3. The van der Waals surface area contributed by atoms with Crippen LogP contribution >= 0.6 is 0 Å². The van der Waals surface area contributed by atoms with Gasteiger partial charge in [0, 0.05) is 5.56 Å². The van der Waals surface area contributed by atoms with Crippen LogP contribution in [0.4, 0.5) is 14.6 Å². The van der Waals surface area contributed by atoms with Crippen LogP contribution in [0.5, 0.6) is 0 Å². The van der Waals surface area contributed by atoms with E-state index in [0.29, 0.717) is 0 Å². The number of nitrogens with two attached hydrogens (primary N) is 1. The van der Waals surface area contributed by atoms with Gasteiger partial charge in [-0.2, -0.15) is 0 Å². The first-order valence-electron chi connectivity index (χ1n) is 4.25. The van der Waals surface area contributed by atoms with Crippen LogP contribution in [0.15, 0.2) is 24.4 Å². The maximum atomic E-state index is 13.2. The van der Waals surface area contributed by atoms with Crippen LogP contribution in [0.25, 0.3) is 0 Å². The Morgan fingerprint density at radius 3 is 2.47 bits per heavy atom. The number of nitrogens with zero attached hydrogens (tertiary/aromatic N) is 3. The Labute approximate surface area is 84.3 Å². The summed E-state index contributed by atoms with van der Waals surface area (Å²) >= 11 is 0. The zero-order chi connectivity index (χ0) is 10.8. The zero-order valence-electron chi connectivity index (χ0n) is 7.69. The molecule has 0 saturated carbocycles. The first-order valence-corrected chi connectivity index (χ1v) is 4.25. The van der Waals surface area contributed by atoms with E-state index < -0.39 is 11.6 Å². The molecule has 2 aromatic rings. The molecule has 2 N–H and O–H groups in total. The maximum Gasteiger partial charge on any atom is 0.165 e. The predicted octanol–water partition coefficient (Wildman–Crippen LogP) is 1.19. The smallest absolute Gasteiger partial charge is 0.165 e. The van der Waals surface area contributed by atoms with Gasteiger partial charge in [0.25, 0.3) is 0 Å². The first kappa shape index (κ1) is 9.57. The number of hydrogen-bond acceptors (Lipinski definition) is 3. The molecule has 2 rings (SSSR count). The minimum absolute atomic E-state index is 0.0251. The molecule has 0 aliphatic heterocycles. The van der Waals surface area contributed by atoms with E-state index in [1.54, 1.807) is 0 Å². The van der Waals surface area contributed by atoms with Gasteiger partial charge in [-0.3, -0.25) is 0 Å². The van der Waals surface area contributed by atoms with Crippen LogP contribution in [0.1, 0.15) is 5.56 Å². The van der Waals surface area contributed by atoms with Crippen LogP contribution in [0.2, 0.25) is 0 Å². The van der Waals surface area contributed by atoms with E-state index in [0.717, 1.165) is 0 Å². The summed E-state index contributed by atoms with van der Waals surface area (Å²) in [5.74, 6) is -1.00. The van der Waals surface area contributed by atoms with Gasteiger partial charge >= 0.3 is 0 Å². The van der Waals surface area contributed by atoms with Gasteiger partial charge in [-0.1, -0.05) is 11.3 Å². The molecule has 0 unspecified atom stereocenters. The Morgan fingerprint density at radius 1 is 1.27 bits per heavy atom. The van der Waals surface area contributed by atoms with Crippen molar-refractivity contribution in [2.24, 2.45) is 0 Å². The van der Waals surface area contributed by atoms with Gasteiger partial charge in [0.15, 0.2) is 5.82 Å². The highest BCUT2D eigenvalue weighted by atomic mass is 19.1. The molecule has 1 heterocycles. The Balaban J connectivity index is 2.31. The summed E-state index contributed by atoms with van der Waals surface area (Å²) < 4.78 is 27.7. The van der Waals surface area contributed by atoms with Gasteiger partial charge in [-0.15, -0.1) is 5.10 Å². The second kappa shape index (κ2) is 3.64. The second-order valence-corrected chi connectivity index (χ2v) is 3.04. The monoisotopic (exact) mass is 210 g/mol. The fourth-order valence-corrected chi connectivity index (χ4v) is 1.24. The summed E-state index contributed by atoms with van der Waals surface area (Å²) in [6.07, 6.45) is 1.41. The van der Waals surface area contributed by atoms with E-state index >= 15 is 0 Å². The molecule has 0 aliphatic carbocycles. The summed E-state index contributed by atoms with van der Waals surface area (Å²) in [4.78, 5) is 0. The lowest BCUT2D eigenvalue weighted by Gasteiger charge is -2.03. The van der Waals surface area contributed by atoms with Crippen molar-refractivity contribution >= 4 is 5.82 Å². The third kappa shape index (κ3) is 1.93. The van der Waals surface area contributed by atoms with Crippen molar-refractivity contribution in [1.82, 2.24) is 15.0 Å². The molecule has 0 bridgehead atoms. The van der Waals surface area contributed by atoms with Gasteiger partial charge in [0.2, 0.25) is 0 Å². The number of halogens is 2. The highest BCUT2D eigenvalue weighted by Crippen LogP contribution is 2.13. The molecular weight excluding hydrogens is 202 g/mol. The summed E-state index contributed by atoms with van der Waals surface area (Å²) in [5.41, 5.74) is 5.27. The molecule has 0 atom stereocenters. The third-order valence-electron chi connectivity index (χ3n) is 1.94.